The number of carbonyl (C=O) groups excluding carboxylic acids is 1. The molecule has 2 aromatic rings. The summed E-state index contributed by atoms with van der Waals surface area (Å²) in [4.78, 5) is 19.9. The Morgan fingerprint density at radius 2 is 2.07 bits per heavy atom. The van der Waals surface area contributed by atoms with Gasteiger partial charge in [-0.2, -0.15) is 4.98 Å². The molecule has 0 radical (unpaired) electrons. The summed E-state index contributed by atoms with van der Waals surface area (Å²) in [5, 5.41) is 9.02. The lowest BCUT2D eigenvalue weighted by Crippen LogP contribution is -2.30. The molecule has 0 aliphatic heterocycles. The van der Waals surface area contributed by atoms with Crippen molar-refractivity contribution in [2.24, 2.45) is 0 Å². The average molecular weight is 371 g/mol. The number of benzene rings is 1. The minimum atomic E-state index is -0.466. The smallest absolute Gasteiger partial charge is 0.258 e. The monoisotopic (exact) mass is 371 g/mol. The second-order valence-electron chi connectivity index (χ2n) is 6.95. The van der Waals surface area contributed by atoms with Crippen LogP contribution in [0.25, 0.3) is 0 Å². The van der Waals surface area contributed by atoms with Crippen LogP contribution >= 0.6 is 0 Å². The molecule has 0 bridgehead atoms. The number of amides is 1. The molecule has 1 aromatic carbocycles. The Balaban J connectivity index is 1.37. The van der Waals surface area contributed by atoms with E-state index in [1.807, 2.05) is 6.07 Å². The predicted octanol–water partition coefficient (Wildman–Crippen LogP) is 2.98. The van der Waals surface area contributed by atoms with E-state index in [1.54, 1.807) is 18.2 Å². The maximum Gasteiger partial charge on any atom is 0.258 e. The molecule has 142 valence electrons. The highest BCUT2D eigenvalue weighted by atomic mass is 19.1. The number of nitrogens with zero attached hydrogens (tertiary/aromatic N) is 2. The van der Waals surface area contributed by atoms with Crippen molar-refractivity contribution in [3.63, 3.8) is 0 Å². The van der Waals surface area contributed by atoms with Gasteiger partial charge in [0.25, 0.3) is 5.91 Å². The number of ether oxygens (including phenoxy) is 1. The van der Waals surface area contributed by atoms with Gasteiger partial charge in [-0.05, 0) is 44.2 Å². The molecule has 7 nitrogen and oxygen atoms in total. The van der Waals surface area contributed by atoms with Crippen LogP contribution in [-0.4, -0.2) is 34.6 Å². The van der Waals surface area contributed by atoms with Crippen LogP contribution in [0.3, 0.4) is 0 Å². The van der Waals surface area contributed by atoms with Gasteiger partial charge in [0.2, 0.25) is 5.95 Å². The van der Waals surface area contributed by atoms with Gasteiger partial charge in [-0.3, -0.25) is 4.79 Å². The second-order valence-corrected chi connectivity index (χ2v) is 6.95. The van der Waals surface area contributed by atoms with Crippen LogP contribution in [0.4, 0.5) is 21.8 Å². The summed E-state index contributed by atoms with van der Waals surface area (Å²) in [6, 6.07) is 7.73. The first-order chi connectivity index (χ1) is 13.2. The van der Waals surface area contributed by atoms with Crippen molar-refractivity contribution in [1.82, 2.24) is 15.3 Å². The van der Waals surface area contributed by atoms with Gasteiger partial charge in [0, 0.05) is 23.8 Å². The molecule has 1 amide bonds. The summed E-state index contributed by atoms with van der Waals surface area (Å²) in [5.41, 5.74) is 0.691. The second kappa shape index (κ2) is 7.77. The topological polar surface area (TPSA) is 88.2 Å². The number of hydrogen-bond donors (Lipinski definition) is 3. The Morgan fingerprint density at radius 1 is 1.22 bits per heavy atom. The Hall–Kier alpha value is -2.90. The molecule has 0 saturated heterocycles. The molecule has 2 fully saturated rings. The largest absolute Gasteiger partial charge is 0.484 e. The lowest BCUT2D eigenvalue weighted by atomic mass is 9.93. The van der Waals surface area contributed by atoms with Crippen molar-refractivity contribution in [3.8, 4) is 5.75 Å². The standard InChI is InChI=1S/C19H22FN5O2/c20-16-10-21-19(25-18(16)23-12-3-1-4-12)24-14-5-2-6-15(9-14)27-11-17(26)22-13-7-8-13/h2,5-6,9-10,12-13H,1,3-4,7-8,11H2,(H,22,26)(H2,21,23,24,25). The summed E-state index contributed by atoms with van der Waals surface area (Å²) in [6.45, 7) is -0.0253. The van der Waals surface area contributed by atoms with Gasteiger partial charge in [0.05, 0.1) is 6.20 Å². The number of carbonyl (C=O) groups is 1. The zero-order valence-corrected chi connectivity index (χ0v) is 14.9. The van der Waals surface area contributed by atoms with Crippen molar-refractivity contribution in [2.75, 3.05) is 17.2 Å². The summed E-state index contributed by atoms with van der Waals surface area (Å²) in [7, 11) is 0. The van der Waals surface area contributed by atoms with Gasteiger partial charge in [-0.15, -0.1) is 0 Å². The summed E-state index contributed by atoms with van der Waals surface area (Å²) < 4.78 is 19.4. The van der Waals surface area contributed by atoms with Crippen molar-refractivity contribution in [3.05, 3.63) is 36.3 Å². The predicted molar refractivity (Wildman–Crippen MR) is 99.6 cm³/mol. The number of anilines is 3. The Labute approximate surface area is 156 Å². The third kappa shape index (κ3) is 4.84. The van der Waals surface area contributed by atoms with Crippen molar-refractivity contribution in [1.29, 1.82) is 0 Å². The van der Waals surface area contributed by atoms with Gasteiger partial charge in [-0.25, -0.2) is 9.37 Å². The molecule has 1 aromatic heterocycles. The van der Waals surface area contributed by atoms with E-state index in [9.17, 15) is 9.18 Å². The number of hydrogen-bond acceptors (Lipinski definition) is 6. The lowest BCUT2D eigenvalue weighted by Gasteiger charge is -2.27. The van der Waals surface area contributed by atoms with Crippen LogP contribution < -0.4 is 20.7 Å². The molecule has 2 aliphatic carbocycles. The van der Waals surface area contributed by atoms with Crippen LogP contribution in [0.1, 0.15) is 32.1 Å². The van der Waals surface area contributed by atoms with E-state index in [0.29, 0.717) is 23.4 Å². The Bertz CT molecular complexity index is 823. The van der Waals surface area contributed by atoms with Crippen LogP contribution in [0.15, 0.2) is 30.5 Å². The molecule has 2 aliphatic rings. The zero-order valence-electron chi connectivity index (χ0n) is 14.9. The van der Waals surface area contributed by atoms with E-state index in [-0.39, 0.29) is 24.4 Å². The van der Waals surface area contributed by atoms with Crippen molar-refractivity contribution >= 4 is 23.4 Å². The van der Waals surface area contributed by atoms with E-state index >= 15 is 0 Å². The third-order valence-electron chi connectivity index (χ3n) is 4.59. The molecule has 0 atom stereocenters. The van der Waals surface area contributed by atoms with Gasteiger partial charge < -0.3 is 20.7 Å². The fourth-order valence-electron chi connectivity index (χ4n) is 2.71. The number of halogens is 1. The Kier molecular flexibility index (Phi) is 5.04. The minimum absolute atomic E-state index is 0.0253. The van der Waals surface area contributed by atoms with Crippen LogP contribution in [-0.2, 0) is 4.79 Å². The lowest BCUT2D eigenvalue weighted by molar-refractivity contribution is -0.123. The molecule has 0 unspecified atom stereocenters. The zero-order chi connectivity index (χ0) is 18.6. The number of rotatable bonds is 8. The van der Waals surface area contributed by atoms with Gasteiger partial charge in [-0.1, -0.05) is 6.07 Å². The molecular weight excluding hydrogens is 349 g/mol. The molecule has 4 rings (SSSR count). The molecule has 3 N–H and O–H groups in total. The molecule has 0 spiro atoms. The van der Waals surface area contributed by atoms with E-state index in [2.05, 4.69) is 25.9 Å². The molecule has 27 heavy (non-hydrogen) atoms. The number of aromatic nitrogens is 2. The van der Waals surface area contributed by atoms with E-state index in [4.69, 9.17) is 4.74 Å². The first kappa shape index (κ1) is 17.5. The molecule has 1 heterocycles. The van der Waals surface area contributed by atoms with Crippen LogP contribution in [0, 0.1) is 5.82 Å². The maximum atomic E-state index is 13.9. The van der Waals surface area contributed by atoms with Gasteiger partial charge in [0.15, 0.2) is 18.2 Å². The van der Waals surface area contributed by atoms with Crippen LogP contribution in [0.5, 0.6) is 5.75 Å². The van der Waals surface area contributed by atoms with E-state index < -0.39 is 5.82 Å². The summed E-state index contributed by atoms with van der Waals surface area (Å²) >= 11 is 0. The minimum Gasteiger partial charge on any atom is -0.484 e. The first-order valence-electron chi connectivity index (χ1n) is 9.24. The van der Waals surface area contributed by atoms with E-state index in [0.717, 1.165) is 38.3 Å². The normalized spacial score (nSPS) is 16.3. The third-order valence-corrected chi connectivity index (χ3v) is 4.59. The van der Waals surface area contributed by atoms with Crippen molar-refractivity contribution in [2.45, 2.75) is 44.2 Å². The highest BCUT2D eigenvalue weighted by Crippen LogP contribution is 2.25. The maximum absolute atomic E-state index is 13.9. The summed E-state index contributed by atoms with van der Waals surface area (Å²) in [6.07, 6.45) is 6.44. The van der Waals surface area contributed by atoms with Crippen LogP contribution in [0.2, 0.25) is 0 Å². The first-order valence-corrected chi connectivity index (χ1v) is 9.24. The number of nitrogens with one attached hydrogen (secondary N) is 3. The summed E-state index contributed by atoms with van der Waals surface area (Å²) in [5.74, 6) is 0.472. The molecular formula is C19H22FN5O2. The van der Waals surface area contributed by atoms with Gasteiger partial charge in [0.1, 0.15) is 5.75 Å². The Morgan fingerprint density at radius 3 is 2.81 bits per heavy atom. The fraction of sp³-hybridized carbons (Fsp3) is 0.421. The van der Waals surface area contributed by atoms with Gasteiger partial charge >= 0.3 is 0 Å². The quantitative estimate of drug-likeness (QED) is 0.661. The molecule has 2 saturated carbocycles. The van der Waals surface area contributed by atoms with Crippen molar-refractivity contribution < 1.29 is 13.9 Å². The molecule has 8 heteroatoms. The SMILES string of the molecule is O=C(COc1cccc(Nc2ncc(F)c(NC3CCC3)n2)c1)NC1CC1. The highest BCUT2D eigenvalue weighted by Gasteiger charge is 2.23. The fourth-order valence-corrected chi connectivity index (χ4v) is 2.71. The average Bonchev–Trinajstić information content (AvgIpc) is 3.43. The highest BCUT2D eigenvalue weighted by molar-refractivity contribution is 5.78. The van der Waals surface area contributed by atoms with E-state index in [1.165, 1.54) is 0 Å².